The van der Waals surface area contributed by atoms with Crippen molar-refractivity contribution in [3.63, 3.8) is 0 Å². The van der Waals surface area contributed by atoms with Gasteiger partial charge in [-0.05, 0) is 30.2 Å². The molecule has 1 rings (SSSR count). The van der Waals surface area contributed by atoms with E-state index in [2.05, 4.69) is 13.0 Å². The van der Waals surface area contributed by atoms with Crippen LogP contribution in [0.4, 0.5) is 0 Å². The van der Waals surface area contributed by atoms with E-state index in [1.807, 2.05) is 6.07 Å². The highest BCUT2D eigenvalue weighted by atomic mass is 16.5. The maximum atomic E-state index is 9.57. The minimum Gasteiger partial charge on any atom is -0.497 e. The molecule has 0 aliphatic heterocycles. The van der Waals surface area contributed by atoms with E-state index in [0.29, 0.717) is 31.1 Å². The average molecular weight is 490 g/mol. The van der Waals surface area contributed by atoms with Crippen molar-refractivity contribution in [1.82, 2.24) is 0 Å². The zero-order valence-corrected chi connectivity index (χ0v) is 22.6. The predicted molar refractivity (Wildman–Crippen MR) is 144 cm³/mol. The molecule has 1 atom stereocenters. The maximum Gasteiger partial charge on any atom is 0.120 e. The molecule has 1 aromatic rings. The fraction of sp³-hybridized carbons (Fsp3) is 0.767. The molecule has 0 aromatic heterocycles. The van der Waals surface area contributed by atoms with E-state index < -0.39 is 0 Å². The monoisotopic (exact) mass is 489 g/mol. The highest BCUT2D eigenvalue weighted by Gasteiger charge is 2.10. The highest BCUT2D eigenvalue weighted by molar-refractivity contribution is 5.40. The number of nitriles is 1. The normalized spacial score (nSPS) is 11.9. The molecule has 0 amide bonds. The van der Waals surface area contributed by atoms with Crippen LogP contribution in [0.25, 0.3) is 0 Å². The number of ether oxygens (including phenoxy) is 3. The fourth-order valence-electron chi connectivity index (χ4n) is 4.26. The third-order valence-electron chi connectivity index (χ3n) is 6.47. The molecule has 1 aromatic carbocycles. The van der Waals surface area contributed by atoms with Crippen LogP contribution < -0.4 is 4.74 Å². The van der Waals surface area contributed by atoms with Crippen molar-refractivity contribution in [2.45, 2.75) is 122 Å². The Bertz CT molecular complexity index is 658. The summed E-state index contributed by atoms with van der Waals surface area (Å²) in [5.74, 6) is 0.628. The van der Waals surface area contributed by atoms with Gasteiger partial charge in [0.25, 0.3) is 0 Å². The van der Waals surface area contributed by atoms with E-state index in [0.717, 1.165) is 12.0 Å². The zero-order chi connectivity index (χ0) is 25.4. The van der Waals surface area contributed by atoms with Gasteiger partial charge in [0, 0.05) is 6.61 Å². The van der Waals surface area contributed by atoms with Gasteiger partial charge < -0.3 is 19.3 Å². The Morgan fingerprint density at radius 1 is 0.800 bits per heavy atom. The molecule has 5 heteroatoms. The molecule has 35 heavy (non-hydrogen) atoms. The highest BCUT2D eigenvalue weighted by Crippen LogP contribution is 2.18. The van der Waals surface area contributed by atoms with E-state index in [4.69, 9.17) is 19.5 Å². The summed E-state index contributed by atoms with van der Waals surface area (Å²) in [6, 6.07) is 7.42. The van der Waals surface area contributed by atoms with Crippen LogP contribution in [0.3, 0.4) is 0 Å². The number of aliphatic hydroxyl groups excluding tert-OH is 1. The van der Waals surface area contributed by atoms with E-state index in [-0.39, 0.29) is 12.7 Å². The van der Waals surface area contributed by atoms with Gasteiger partial charge in [-0.15, -0.1) is 0 Å². The van der Waals surface area contributed by atoms with E-state index in [1.54, 1.807) is 19.2 Å². The summed E-state index contributed by atoms with van der Waals surface area (Å²) in [5, 5.41) is 18.7. The molecule has 0 heterocycles. The van der Waals surface area contributed by atoms with E-state index >= 15 is 0 Å². The van der Waals surface area contributed by atoms with Crippen LogP contribution in [0.15, 0.2) is 18.2 Å². The van der Waals surface area contributed by atoms with E-state index in [1.165, 1.54) is 96.3 Å². The molecular formula is C30H51NO4. The SMILES string of the molecule is CCCCCCCCCCCCCCCCCCOC[C@H](CO)OCc1cc(C#N)cc(OC)c1. The Morgan fingerprint density at radius 2 is 1.34 bits per heavy atom. The molecule has 5 nitrogen and oxygen atoms in total. The lowest BCUT2D eigenvalue weighted by molar-refractivity contribution is -0.0502. The lowest BCUT2D eigenvalue weighted by atomic mass is 10.0. The summed E-state index contributed by atoms with van der Waals surface area (Å²) in [6.07, 6.45) is 21.4. The molecule has 0 aliphatic carbocycles. The fourth-order valence-corrected chi connectivity index (χ4v) is 4.26. The van der Waals surface area contributed by atoms with Gasteiger partial charge in [0.2, 0.25) is 0 Å². The number of rotatable bonds is 24. The summed E-state index contributed by atoms with van der Waals surface area (Å²) < 4.78 is 16.7. The lowest BCUT2D eigenvalue weighted by Crippen LogP contribution is -2.24. The maximum absolute atomic E-state index is 9.57. The van der Waals surface area contributed by atoms with Gasteiger partial charge >= 0.3 is 0 Å². The molecule has 0 aliphatic rings. The number of unbranched alkanes of at least 4 members (excludes halogenated alkanes) is 15. The second-order valence-electron chi connectivity index (χ2n) is 9.68. The largest absolute Gasteiger partial charge is 0.497 e. The van der Waals surface area contributed by atoms with Crippen LogP contribution in [0.1, 0.15) is 121 Å². The summed E-state index contributed by atoms with van der Waals surface area (Å²) >= 11 is 0. The third kappa shape index (κ3) is 17.5. The summed E-state index contributed by atoms with van der Waals surface area (Å²) in [4.78, 5) is 0. The zero-order valence-electron chi connectivity index (χ0n) is 22.6. The first kappa shape index (κ1) is 31.4. The number of hydrogen-bond donors (Lipinski definition) is 1. The lowest BCUT2D eigenvalue weighted by Gasteiger charge is -2.16. The van der Waals surface area contributed by atoms with Crippen LogP contribution in [0, 0.1) is 11.3 Å². The quantitative estimate of drug-likeness (QED) is 0.150. The first-order chi connectivity index (χ1) is 17.2. The van der Waals surface area contributed by atoms with Gasteiger partial charge in [0.1, 0.15) is 11.9 Å². The van der Waals surface area contributed by atoms with Gasteiger partial charge in [0.05, 0.1) is 38.6 Å². The van der Waals surface area contributed by atoms with Gasteiger partial charge in [-0.3, -0.25) is 0 Å². The van der Waals surface area contributed by atoms with Crippen LogP contribution in [-0.4, -0.2) is 38.1 Å². The first-order valence-electron chi connectivity index (χ1n) is 14.1. The van der Waals surface area contributed by atoms with Gasteiger partial charge in [-0.25, -0.2) is 0 Å². The van der Waals surface area contributed by atoms with Crippen LogP contribution in [-0.2, 0) is 16.1 Å². The standard InChI is InChI=1S/C30H51NO4/c1-3-4-5-6-7-8-9-10-11-12-13-14-15-16-17-18-19-34-26-30(24-32)35-25-28-20-27(23-31)21-29(22-28)33-2/h20-22,30,32H,3-19,24-26H2,1-2H3/t30-/m0/s1. The Labute approximate surface area is 215 Å². The van der Waals surface area contributed by atoms with Gasteiger partial charge in [-0.2, -0.15) is 5.26 Å². The van der Waals surface area contributed by atoms with Crippen molar-refractivity contribution in [2.24, 2.45) is 0 Å². The second-order valence-corrected chi connectivity index (χ2v) is 9.68. The number of aliphatic hydroxyl groups is 1. The predicted octanol–water partition coefficient (Wildman–Crippen LogP) is 7.72. The van der Waals surface area contributed by atoms with Crippen molar-refractivity contribution >= 4 is 0 Å². The van der Waals surface area contributed by atoms with Crippen molar-refractivity contribution < 1.29 is 19.3 Å². The Morgan fingerprint density at radius 3 is 1.83 bits per heavy atom. The molecule has 0 unspecified atom stereocenters. The first-order valence-corrected chi connectivity index (χ1v) is 14.1. The molecule has 0 fully saturated rings. The molecular weight excluding hydrogens is 438 g/mol. The second kappa shape index (κ2) is 22.8. The van der Waals surface area contributed by atoms with Crippen LogP contribution >= 0.6 is 0 Å². The van der Waals surface area contributed by atoms with Crippen molar-refractivity contribution in [3.8, 4) is 11.8 Å². The molecule has 0 bridgehead atoms. The number of nitrogens with zero attached hydrogens (tertiary/aromatic N) is 1. The van der Waals surface area contributed by atoms with Crippen LogP contribution in [0.5, 0.6) is 5.75 Å². The van der Waals surface area contributed by atoms with Crippen LogP contribution in [0.2, 0.25) is 0 Å². The molecule has 0 saturated heterocycles. The molecule has 0 radical (unpaired) electrons. The number of hydrogen-bond acceptors (Lipinski definition) is 5. The Balaban J connectivity index is 1.93. The Hall–Kier alpha value is -1.61. The van der Waals surface area contributed by atoms with Gasteiger partial charge in [0.15, 0.2) is 0 Å². The van der Waals surface area contributed by atoms with Crippen molar-refractivity contribution in [3.05, 3.63) is 29.3 Å². The summed E-state index contributed by atoms with van der Waals surface area (Å²) in [7, 11) is 1.57. The molecule has 0 spiro atoms. The summed E-state index contributed by atoms with van der Waals surface area (Å²) in [6.45, 7) is 3.58. The minimum atomic E-state index is -0.368. The average Bonchev–Trinajstić information content (AvgIpc) is 2.89. The number of methoxy groups -OCH3 is 1. The molecule has 200 valence electrons. The number of benzene rings is 1. The topological polar surface area (TPSA) is 71.7 Å². The third-order valence-corrected chi connectivity index (χ3v) is 6.47. The van der Waals surface area contributed by atoms with Crippen molar-refractivity contribution in [1.29, 1.82) is 5.26 Å². The Kier molecular flexibility index (Phi) is 20.5. The molecule has 1 N–H and O–H groups in total. The van der Waals surface area contributed by atoms with E-state index in [9.17, 15) is 5.11 Å². The molecule has 0 saturated carbocycles. The smallest absolute Gasteiger partial charge is 0.120 e. The summed E-state index contributed by atoms with van der Waals surface area (Å²) in [5.41, 5.74) is 1.38. The van der Waals surface area contributed by atoms with Gasteiger partial charge in [-0.1, -0.05) is 103 Å². The minimum absolute atomic E-state index is 0.0893. The van der Waals surface area contributed by atoms with Crippen molar-refractivity contribution in [2.75, 3.05) is 26.9 Å².